The molecule has 5 heteroatoms. The van der Waals surface area contributed by atoms with Gasteiger partial charge in [-0.2, -0.15) is 13.2 Å². The van der Waals surface area contributed by atoms with Gasteiger partial charge in [-0.1, -0.05) is 11.6 Å². The van der Waals surface area contributed by atoms with Crippen molar-refractivity contribution < 1.29 is 23.0 Å². The summed E-state index contributed by atoms with van der Waals surface area (Å²) in [5.74, 6) is 0.301. The molecule has 1 aromatic carbocycles. The molecule has 0 aliphatic rings. The topological polar surface area (TPSA) is 29.5 Å². The predicted octanol–water partition coefficient (Wildman–Crippen LogP) is 3.38. The van der Waals surface area contributed by atoms with Gasteiger partial charge in [-0.15, -0.1) is 0 Å². The molecule has 1 aromatic rings. The number of hydrogen-bond donors (Lipinski definition) is 1. The first kappa shape index (κ1) is 13.8. The standard InChI is InChI=1S/C12H15F3O2/c1-3-17-11-5-4-8(2)6-9(11)10(16)7-12(13,14)15/h4-6,10,16H,3,7H2,1-2H3. The zero-order chi connectivity index (χ0) is 13.1. The molecule has 0 radical (unpaired) electrons. The van der Waals surface area contributed by atoms with Crippen LogP contribution < -0.4 is 4.74 Å². The molecule has 17 heavy (non-hydrogen) atoms. The van der Waals surface area contributed by atoms with Crippen molar-refractivity contribution in [1.82, 2.24) is 0 Å². The van der Waals surface area contributed by atoms with Crippen LogP contribution in [0.25, 0.3) is 0 Å². The summed E-state index contributed by atoms with van der Waals surface area (Å²) in [6.07, 6.45) is -7.25. The lowest BCUT2D eigenvalue weighted by atomic mass is 10.0. The number of rotatable bonds is 4. The van der Waals surface area contributed by atoms with E-state index >= 15 is 0 Å². The minimum absolute atomic E-state index is 0.184. The van der Waals surface area contributed by atoms with E-state index in [1.807, 2.05) is 0 Å². The highest BCUT2D eigenvalue weighted by atomic mass is 19.4. The van der Waals surface area contributed by atoms with Crippen molar-refractivity contribution in [3.63, 3.8) is 0 Å². The molecule has 1 atom stereocenters. The second-order valence-corrected chi connectivity index (χ2v) is 3.81. The summed E-state index contributed by atoms with van der Waals surface area (Å²) in [6.45, 7) is 3.83. The van der Waals surface area contributed by atoms with Gasteiger partial charge in [0, 0.05) is 5.56 Å². The molecule has 96 valence electrons. The largest absolute Gasteiger partial charge is 0.493 e. The van der Waals surface area contributed by atoms with E-state index in [0.717, 1.165) is 5.56 Å². The second kappa shape index (κ2) is 5.40. The molecule has 0 fully saturated rings. The SMILES string of the molecule is CCOc1ccc(C)cc1C(O)CC(F)(F)F. The highest BCUT2D eigenvalue weighted by Gasteiger charge is 2.32. The van der Waals surface area contributed by atoms with Crippen LogP contribution >= 0.6 is 0 Å². The number of aliphatic hydroxyl groups is 1. The molecule has 0 amide bonds. The Hall–Kier alpha value is -1.23. The molecule has 1 N–H and O–H groups in total. The van der Waals surface area contributed by atoms with Crippen molar-refractivity contribution in [2.75, 3.05) is 6.61 Å². The first-order chi connectivity index (χ1) is 7.83. The molecule has 0 saturated heterocycles. The first-order valence-electron chi connectivity index (χ1n) is 5.31. The fourth-order valence-electron chi connectivity index (χ4n) is 1.54. The van der Waals surface area contributed by atoms with Crippen molar-refractivity contribution in [2.45, 2.75) is 32.5 Å². The molecule has 0 aliphatic carbocycles. The van der Waals surface area contributed by atoms with Crippen molar-refractivity contribution in [2.24, 2.45) is 0 Å². The van der Waals surface area contributed by atoms with Gasteiger partial charge in [-0.05, 0) is 26.0 Å². The molecule has 0 spiro atoms. The van der Waals surface area contributed by atoms with Crippen molar-refractivity contribution >= 4 is 0 Å². The smallest absolute Gasteiger partial charge is 0.391 e. The van der Waals surface area contributed by atoms with E-state index in [0.29, 0.717) is 12.4 Å². The number of hydrogen-bond acceptors (Lipinski definition) is 2. The zero-order valence-corrected chi connectivity index (χ0v) is 9.71. The Balaban J connectivity index is 2.97. The van der Waals surface area contributed by atoms with Crippen LogP contribution in [0.2, 0.25) is 0 Å². The lowest BCUT2D eigenvalue weighted by molar-refractivity contribution is -0.154. The van der Waals surface area contributed by atoms with Gasteiger partial charge in [0.15, 0.2) is 0 Å². The normalized spacial score (nSPS) is 13.5. The molecular formula is C12H15F3O2. The molecule has 0 bridgehead atoms. The Morgan fingerprint density at radius 2 is 2.00 bits per heavy atom. The van der Waals surface area contributed by atoms with E-state index in [9.17, 15) is 18.3 Å². The van der Waals surface area contributed by atoms with Gasteiger partial charge >= 0.3 is 6.18 Å². The summed E-state index contributed by atoms with van der Waals surface area (Å²) in [5.41, 5.74) is 0.967. The van der Waals surface area contributed by atoms with Gasteiger partial charge < -0.3 is 9.84 Å². The number of halogens is 3. The molecule has 0 heterocycles. The summed E-state index contributed by atoms with van der Waals surface area (Å²) in [5, 5.41) is 9.59. The summed E-state index contributed by atoms with van der Waals surface area (Å²) in [6, 6.07) is 4.82. The van der Waals surface area contributed by atoms with Gasteiger partial charge in [0.2, 0.25) is 0 Å². The van der Waals surface area contributed by atoms with Crippen LogP contribution in [0, 0.1) is 6.92 Å². The van der Waals surface area contributed by atoms with Crippen LogP contribution in [-0.4, -0.2) is 17.9 Å². The molecule has 0 aliphatic heterocycles. The van der Waals surface area contributed by atoms with Crippen LogP contribution in [0.15, 0.2) is 18.2 Å². The minimum atomic E-state index is -4.40. The van der Waals surface area contributed by atoms with Crippen LogP contribution in [0.3, 0.4) is 0 Å². The summed E-state index contributed by atoms with van der Waals surface area (Å²) < 4.78 is 41.8. The molecule has 1 unspecified atom stereocenters. The number of benzene rings is 1. The average molecular weight is 248 g/mol. The molecule has 2 nitrogen and oxygen atoms in total. The zero-order valence-electron chi connectivity index (χ0n) is 9.71. The van der Waals surface area contributed by atoms with Crippen LogP contribution in [0.4, 0.5) is 13.2 Å². The maximum Gasteiger partial charge on any atom is 0.391 e. The number of aryl methyl sites for hydroxylation is 1. The summed E-state index contributed by atoms with van der Waals surface area (Å²) >= 11 is 0. The summed E-state index contributed by atoms with van der Waals surface area (Å²) in [4.78, 5) is 0. The molecular weight excluding hydrogens is 233 g/mol. The lowest BCUT2D eigenvalue weighted by Crippen LogP contribution is -2.14. The number of alkyl halides is 3. The third-order valence-electron chi connectivity index (χ3n) is 2.25. The quantitative estimate of drug-likeness (QED) is 0.885. The maximum atomic E-state index is 12.2. The predicted molar refractivity (Wildman–Crippen MR) is 58.0 cm³/mol. The van der Waals surface area contributed by atoms with E-state index in [1.165, 1.54) is 6.07 Å². The average Bonchev–Trinajstić information content (AvgIpc) is 2.18. The lowest BCUT2D eigenvalue weighted by Gasteiger charge is -2.17. The highest BCUT2D eigenvalue weighted by molar-refractivity contribution is 5.38. The van der Waals surface area contributed by atoms with Gasteiger partial charge in [0.05, 0.1) is 19.1 Å². The third-order valence-corrected chi connectivity index (χ3v) is 2.25. The van der Waals surface area contributed by atoms with E-state index in [2.05, 4.69) is 0 Å². The second-order valence-electron chi connectivity index (χ2n) is 3.81. The summed E-state index contributed by atoms with van der Waals surface area (Å²) in [7, 11) is 0. The third kappa shape index (κ3) is 4.26. The van der Waals surface area contributed by atoms with Crippen molar-refractivity contribution in [1.29, 1.82) is 0 Å². The van der Waals surface area contributed by atoms with Crippen molar-refractivity contribution in [3.8, 4) is 5.75 Å². The molecule has 0 saturated carbocycles. The fraction of sp³-hybridized carbons (Fsp3) is 0.500. The Bertz CT molecular complexity index is 375. The van der Waals surface area contributed by atoms with Crippen molar-refractivity contribution in [3.05, 3.63) is 29.3 Å². The van der Waals surface area contributed by atoms with Gasteiger partial charge in [-0.25, -0.2) is 0 Å². The monoisotopic (exact) mass is 248 g/mol. The van der Waals surface area contributed by atoms with E-state index in [1.54, 1.807) is 26.0 Å². The maximum absolute atomic E-state index is 12.2. The fourth-order valence-corrected chi connectivity index (χ4v) is 1.54. The Kier molecular flexibility index (Phi) is 4.40. The first-order valence-corrected chi connectivity index (χ1v) is 5.31. The van der Waals surface area contributed by atoms with Gasteiger partial charge in [0.1, 0.15) is 5.75 Å². The number of aliphatic hydroxyl groups excluding tert-OH is 1. The van der Waals surface area contributed by atoms with Gasteiger partial charge in [-0.3, -0.25) is 0 Å². The van der Waals surface area contributed by atoms with Crippen LogP contribution in [0.5, 0.6) is 5.75 Å². The van der Waals surface area contributed by atoms with Crippen LogP contribution in [-0.2, 0) is 0 Å². The van der Waals surface area contributed by atoms with E-state index in [-0.39, 0.29) is 5.56 Å². The Morgan fingerprint density at radius 1 is 1.35 bits per heavy atom. The molecule has 1 rings (SSSR count). The highest BCUT2D eigenvalue weighted by Crippen LogP contribution is 2.34. The van der Waals surface area contributed by atoms with Crippen LogP contribution in [0.1, 0.15) is 30.6 Å². The van der Waals surface area contributed by atoms with E-state index < -0.39 is 18.7 Å². The number of ether oxygens (including phenoxy) is 1. The molecule has 0 aromatic heterocycles. The van der Waals surface area contributed by atoms with Gasteiger partial charge in [0.25, 0.3) is 0 Å². The van der Waals surface area contributed by atoms with E-state index in [4.69, 9.17) is 4.74 Å². The Labute approximate surface area is 98.0 Å². The minimum Gasteiger partial charge on any atom is -0.493 e. The Morgan fingerprint density at radius 3 is 2.53 bits per heavy atom.